The maximum absolute atomic E-state index is 13.7. The van der Waals surface area contributed by atoms with Crippen LogP contribution in [0.5, 0.6) is 0 Å². The van der Waals surface area contributed by atoms with E-state index in [1.807, 2.05) is 6.07 Å². The SMILES string of the molecule is O=C(CSc1nc2ccc(NC(=O)Nc3ccccc3Cl)cc2s1)Nc1ccccc1F. The van der Waals surface area contributed by atoms with Crippen LogP contribution in [0.1, 0.15) is 0 Å². The van der Waals surface area contributed by atoms with Gasteiger partial charge in [0.15, 0.2) is 4.34 Å². The van der Waals surface area contributed by atoms with E-state index < -0.39 is 11.8 Å². The minimum Gasteiger partial charge on any atom is -0.323 e. The van der Waals surface area contributed by atoms with Crippen molar-refractivity contribution in [2.24, 2.45) is 0 Å². The van der Waals surface area contributed by atoms with Crippen LogP contribution in [0.2, 0.25) is 5.02 Å². The van der Waals surface area contributed by atoms with Gasteiger partial charge in [-0.1, -0.05) is 47.6 Å². The van der Waals surface area contributed by atoms with Gasteiger partial charge in [0.1, 0.15) is 5.82 Å². The number of carbonyl (C=O) groups excluding carboxylic acids is 2. The summed E-state index contributed by atoms with van der Waals surface area (Å²) in [6, 6.07) is 17.9. The molecular formula is C22H16ClFN4O2S2. The summed E-state index contributed by atoms with van der Waals surface area (Å²) in [6.45, 7) is 0. The molecule has 4 rings (SSSR count). The minimum absolute atomic E-state index is 0.0967. The van der Waals surface area contributed by atoms with Crippen LogP contribution in [-0.2, 0) is 4.79 Å². The molecule has 1 aromatic heterocycles. The van der Waals surface area contributed by atoms with Gasteiger partial charge >= 0.3 is 6.03 Å². The molecule has 0 aliphatic rings. The zero-order valence-electron chi connectivity index (χ0n) is 16.4. The first-order chi connectivity index (χ1) is 15.5. The van der Waals surface area contributed by atoms with Crippen LogP contribution in [0.25, 0.3) is 10.2 Å². The lowest BCUT2D eigenvalue weighted by Gasteiger charge is -2.08. The van der Waals surface area contributed by atoms with Crippen LogP contribution in [0.3, 0.4) is 0 Å². The predicted octanol–water partition coefficient (Wildman–Crippen LogP) is 6.46. The lowest BCUT2D eigenvalue weighted by atomic mass is 10.3. The van der Waals surface area contributed by atoms with Crippen LogP contribution in [0, 0.1) is 5.82 Å². The molecular weight excluding hydrogens is 471 g/mol. The maximum atomic E-state index is 13.7. The molecule has 0 unspecified atom stereocenters. The number of para-hydroxylation sites is 2. The molecule has 0 aliphatic heterocycles. The van der Waals surface area contributed by atoms with Crippen LogP contribution in [0.4, 0.5) is 26.2 Å². The number of nitrogens with one attached hydrogen (secondary N) is 3. The molecule has 0 atom stereocenters. The van der Waals surface area contributed by atoms with Crippen LogP contribution >= 0.6 is 34.7 Å². The monoisotopic (exact) mass is 486 g/mol. The number of benzene rings is 3. The summed E-state index contributed by atoms with van der Waals surface area (Å²) in [5, 5.41) is 8.46. The highest BCUT2D eigenvalue weighted by molar-refractivity contribution is 8.01. The van der Waals surface area contributed by atoms with E-state index in [0.717, 1.165) is 10.2 Å². The van der Waals surface area contributed by atoms with Gasteiger partial charge in [0.25, 0.3) is 0 Å². The lowest BCUT2D eigenvalue weighted by Crippen LogP contribution is -2.19. The molecule has 4 aromatic rings. The van der Waals surface area contributed by atoms with Crippen molar-refractivity contribution < 1.29 is 14.0 Å². The van der Waals surface area contributed by atoms with Crippen molar-refractivity contribution in [3.8, 4) is 0 Å². The largest absolute Gasteiger partial charge is 0.323 e. The number of hydrogen-bond donors (Lipinski definition) is 3. The van der Waals surface area contributed by atoms with E-state index in [0.29, 0.717) is 20.7 Å². The predicted molar refractivity (Wildman–Crippen MR) is 129 cm³/mol. The Morgan fingerprint density at radius 2 is 1.72 bits per heavy atom. The molecule has 32 heavy (non-hydrogen) atoms. The van der Waals surface area contributed by atoms with Gasteiger partial charge in [-0.2, -0.15) is 0 Å². The highest BCUT2D eigenvalue weighted by Gasteiger charge is 2.11. The fourth-order valence-electron chi connectivity index (χ4n) is 2.77. The zero-order chi connectivity index (χ0) is 22.5. The third kappa shape index (κ3) is 5.56. The fraction of sp³-hybridized carbons (Fsp3) is 0.0455. The number of aromatic nitrogens is 1. The van der Waals surface area contributed by atoms with Crippen molar-refractivity contribution in [2.45, 2.75) is 4.34 Å². The number of thiazole rings is 1. The molecule has 6 nitrogen and oxygen atoms in total. The standard InChI is InChI=1S/C22H16ClFN4O2S2/c23-14-5-1-3-7-16(14)27-21(30)25-13-9-10-18-19(11-13)32-22(28-18)31-12-20(29)26-17-8-4-2-6-15(17)24/h1-11H,12H2,(H,26,29)(H2,25,27,30). The second-order valence-electron chi connectivity index (χ2n) is 6.54. The topological polar surface area (TPSA) is 83.1 Å². The number of anilines is 3. The molecule has 3 N–H and O–H groups in total. The molecule has 0 spiro atoms. The van der Waals surface area contributed by atoms with E-state index in [4.69, 9.17) is 11.6 Å². The third-order valence-electron chi connectivity index (χ3n) is 4.22. The van der Waals surface area contributed by atoms with Crippen molar-refractivity contribution >= 4 is 73.9 Å². The Labute approximate surface area is 196 Å². The maximum Gasteiger partial charge on any atom is 0.323 e. The summed E-state index contributed by atoms with van der Waals surface area (Å²) in [6.07, 6.45) is 0. The summed E-state index contributed by atoms with van der Waals surface area (Å²) < 4.78 is 15.2. The summed E-state index contributed by atoms with van der Waals surface area (Å²) in [5.74, 6) is -0.707. The Morgan fingerprint density at radius 1 is 0.969 bits per heavy atom. The molecule has 0 fully saturated rings. The number of urea groups is 1. The van der Waals surface area contributed by atoms with Gasteiger partial charge in [-0.3, -0.25) is 4.79 Å². The van der Waals surface area contributed by atoms with E-state index >= 15 is 0 Å². The van der Waals surface area contributed by atoms with E-state index in [1.165, 1.54) is 35.2 Å². The van der Waals surface area contributed by atoms with Crippen molar-refractivity contribution in [3.63, 3.8) is 0 Å². The number of hydrogen-bond acceptors (Lipinski definition) is 5. The van der Waals surface area contributed by atoms with Gasteiger partial charge < -0.3 is 16.0 Å². The molecule has 10 heteroatoms. The zero-order valence-corrected chi connectivity index (χ0v) is 18.8. The number of amides is 3. The first-order valence-corrected chi connectivity index (χ1v) is 11.6. The summed E-state index contributed by atoms with van der Waals surface area (Å²) in [4.78, 5) is 28.9. The van der Waals surface area contributed by atoms with Gasteiger partial charge in [-0.05, 0) is 42.5 Å². The molecule has 0 aliphatic carbocycles. The average Bonchev–Trinajstić information content (AvgIpc) is 3.18. The van der Waals surface area contributed by atoms with Gasteiger partial charge in [0.05, 0.1) is 32.4 Å². The molecule has 0 saturated heterocycles. The number of halogens is 2. The number of carbonyl (C=O) groups is 2. The molecule has 1 heterocycles. The summed E-state index contributed by atoms with van der Waals surface area (Å²) in [7, 11) is 0. The Hall–Kier alpha value is -3.14. The van der Waals surface area contributed by atoms with Gasteiger partial charge in [0.2, 0.25) is 5.91 Å². The normalized spacial score (nSPS) is 10.7. The smallest absolute Gasteiger partial charge is 0.323 e. The quantitative estimate of drug-likeness (QED) is 0.273. The first kappa shape index (κ1) is 22.1. The highest BCUT2D eigenvalue weighted by Crippen LogP contribution is 2.31. The number of rotatable bonds is 6. The fourth-order valence-corrected chi connectivity index (χ4v) is 4.86. The number of fused-ring (bicyclic) bond motifs is 1. The Bertz CT molecular complexity index is 1300. The average molecular weight is 487 g/mol. The minimum atomic E-state index is -0.482. The molecule has 0 radical (unpaired) electrons. The van der Waals surface area contributed by atoms with Crippen LogP contribution in [-0.4, -0.2) is 22.7 Å². The van der Waals surface area contributed by atoms with Gasteiger partial charge in [-0.25, -0.2) is 14.2 Å². The third-order valence-corrected chi connectivity index (χ3v) is 6.71. The summed E-state index contributed by atoms with van der Waals surface area (Å²) >= 11 is 8.72. The van der Waals surface area contributed by atoms with Crippen molar-refractivity contribution in [3.05, 3.63) is 77.6 Å². The van der Waals surface area contributed by atoms with Crippen molar-refractivity contribution in [1.29, 1.82) is 0 Å². The van der Waals surface area contributed by atoms with Crippen molar-refractivity contribution in [2.75, 3.05) is 21.7 Å². The Morgan fingerprint density at radius 3 is 2.50 bits per heavy atom. The molecule has 0 saturated carbocycles. The lowest BCUT2D eigenvalue weighted by molar-refractivity contribution is -0.113. The summed E-state index contributed by atoms with van der Waals surface area (Å²) in [5.41, 5.74) is 2.01. The first-order valence-electron chi connectivity index (χ1n) is 9.38. The highest BCUT2D eigenvalue weighted by atomic mass is 35.5. The molecule has 162 valence electrons. The second kappa shape index (κ2) is 9.99. The van der Waals surface area contributed by atoms with Crippen LogP contribution < -0.4 is 16.0 Å². The van der Waals surface area contributed by atoms with E-state index in [2.05, 4.69) is 20.9 Å². The van der Waals surface area contributed by atoms with Crippen LogP contribution in [0.15, 0.2) is 71.1 Å². The van der Waals surface area contributed by atoms with E-state index in [1.54, 1.807) is 48.5 Å². The van der Waals surface area contributed by atoms with Gasteiger partial charge in [-0.15, -0.1) is 11.3 Å². The molecule has 0 bridgehead atoms. The Balaban J connectivity index is 1.36. The number of nitrogens with zero attached hydrogens (tertiary/aromatic N) is 1. The second-order valence-corrected chi connectivity index (χ2v) is 9.20. The number of thioether (sulfide) groups is 1. The van der Waals surface area contributed by atoms with Crippen molar-refractivity contribution in [1.82, 2.24) is 4.98 Å². The van der Waals surface area contributed by atoms with E-state index in [9.17, 15) is 14.0 Å². The van der Waals surface area contributed by atoms with E-state index in [-0.39, 0.29) is 17.3 Å². The molecule has 3 amide bonds. The molecule has 3 aromatic carbocycles. The van der Waals surface area contributed by atoms with Gasteiger partial charge in [0, 0.05) is 5.69 Å². The Kier molecular flexibility index (Phi) is 6.89.